The Morgan fingerprint density at radius 2 is 1.56 bits per heavy atom. The molecule has 0 aliphatic rings. The normalized spacial score (nSPS) is 10.2. The number of carbonyl (C=O) groups excluding carboxylic acids is 2. The lowest BCUT2D eigenvalue weighted by molar-refractivity contribution is 0.0937. The molecular formula is C19H22N2O4. The molecule has 0 saturated heterocycles. The molecule has 2 N–H and O–H groups in total. The highest BCUT2D eigenvalue weighted by Gasteiger charge is 2.10. The van der Waals surface area contributed by atoms with E-state index in [1.54, 1.807) is 38.5 Å². The summed E-state index contributed by atoms with van der Waals surface area (Å²) < 4.78 is 9.99. The van der Waals surface area contributed by atoms with Crippen molar-refractivity contribution in [3.05, 3.63) is 65.2 Å². The topological polar surface area (TPSA) is 76.7 Å². The fourth-order valence-electron chi connectivity index (χ4n) is 2.20. The predicted molar refractivity (Wildman–Crippen MR) is 94.8 cm³/mol. The Labute approximate surface area is 147 Å². The van der Waals surface area contributed by atoms with Gasteiger partial charge in [0.1, 0.15) is 5.75 Å². The molecule has 0 bridgehead atoms. The fourth-order valence-corrected chi connectivity index (χ4v) is 2.20. The summed E-state index contributed by atoms with van der Waals surface area (Å²) in [6.45, 7) is 1.25. The largest absolute Gasteiger partial charge is 0.497 e. The number of nitrogens with one attached hydrogen (secondary N) is 2. The Balaban J connectivity index is 1.94. The summed E-state index contributed by atoms with van der Waals surface area (Å²) >= 11 is 0. The molecule has 0 radical (unpaired) electrons. The summed E-state index contributed by atoms with van der Waals surface area (Å²) in [5, 5.41) is 5.57. The van der Waals surface area contributed by atoms with Gasteiger partial charge in [-0.05, 0) is 35.9 Å². The number of methoxy groups -OCH3 is 2. The maximum absolute atomic E-state index is 12.3. The maximum Gasteiger partial charge on any atom is 0.251 e. The molecule has 0 aliphatic heterocycles. The molecule has 2 amide bonds. The highest BCUT2D eigenvalue weighted by atomic mass is 16.5. The summed E-state index contributed by atoms with van der Waals surface area (Å²) in [5.41, 5.74) is 1.84. The van der Waals surface area contributed by atoms with E-state index in [-0.39, 0.29) is 11.8 Å². The minimum absolute atomic E-state index is 0.234. The number of ether oxygens (including phenoxy) is 2. The average molecular weight is 342 g/mol. The molecule has 132 valence electrons. The van der Waals surface area contributed by atoms with Crippen LogP contribution >= 0.6 is 0 Å². The van der Waals surface area contributed by atoms with Crippen LogP contribution < -0.4 is 15.4 Å². The van der Waals surface area contributed by atoms with E-state index in [0.29, 0.717) is 30.8 Å². The van der Waals surface area contributed by atoms with Crippen LogP contribution in [-0.4, -0.2) is 39.2 Å². The van der Waals surface area contributed by atoms with Crippen LogP contribution in [0, 0.1) is 0 Å². The van der Waals surface area contributed by atoms with Gasteiger partial charge in [0, 0.05) is 31.3 Å². The predicted octanol–water partition coefficient (Wildman–Crippen LogP) is 2.00. The second-order valence-corrected chi connectivity index (χ2v) is 5.36. The van der Waals surface area contributed by atoms with Gasteiger partial charge >= 0.3 is 0 Å². The van der Waals surface area contributed by atoms with Crippen molar-refractivity contribution in [1.82, 2.24) is 10.6 Å². The third-order valence-electron chi connectivity index (χ3n) is 3.59. The van der Waals surface area contributed by atoms with Crippen molar-refractivity contribution >= 4 is 11.8 Å². The Morgan fingerprint density at radius 1 is 0.920 bits per heavy atom. The monoisotopic (exact) mass is 342 g/mol. The summed E-state index contributed by atoms with van der Waals surface area (Å²) in [6.07, 6.45) is 0. The molecule has 0 atom stereocenters. The summed E-state index contributed by atoms with van der Waals surface area (Å²) in [7, 11) is 3.18. The lowest BCUT2D eigenvalue weighted by atomic mass is 10.1. The lowest BCUT2D eigenvalue weighted by Crippen LogP contribution is -2.27. The molecule has 6 nitrogen and oxygen atoms in total. The molecule has 0 heterocycles. The zero-order chi connectivity index (χ0) is 18.1. The van der Waals surface area contributed by atoms with Crippen molar-refractivity contribution in [3.8, 4) is 5.75 Å². The van der Waals surface area contributed by atoms with Crippen LogP contribution in [0.4, 0.5) is 0 Å². The van der Waals surface area contributed by atoms with Crippen molar-refractivity contribution < 1.29 is 19.1 Å². The minimum atomic E-state index is -0.234. The summed E-state index contributed by atoms with van der Waals surface area (Å²) in [4.78, 5) is 24.3. The molecule has 2 aromatic carbocycles. The van der Waals surface area contributed by atoms with Crippen molar-refractivity contribution in [2.24, 2.45) is 0 Å². The van der Waals surface area contributed by atoms with Gasteiger partial charge in [0.15, 0.2) is 0 Å². The number of benzene rings is 2. The first-order chi connectivity index (χ1) is 12.1. The Bertz CT molecular complexity index is 714. The number of amides is 2. The Morgan fingerprint density at radius 3 is 2.16 bits per heavy atom. The van der Waals surface area contributed by atoms with Gasteiger partial charge in [-0.15, -0.1) is 0 Å². The molecule has 0 fully saturated rings. The molecule has 6 heteroatoms. The SMILES string of the molecule is COCCNC(=O)c1cccc(C(=O)NCc2ccc(OC)cc2)c1. The maximum atomic E-state index is 12.3. The average Bonchev–Trinajstić information content (AvgIpc) is 2.66. The van der Waals surface area contributed by atoms with Crippen LogP contribution in [0.2, 0.25) is 0 Å². The lowest BCUT2D eigenvalue weighted by Gasteiger charge is -2.08. The molecule has 25 heavy (non-hydrogen) atoms. The standard InChI is InChI=1S/C19H22N2O4/c1-24-11-10-20-18(22)15-4-3-5-16(12-15)19(23)21-13-14-6-8-17(25-2)9-7-14/h3-9,12H,10-11,13H2,1-2H3,(H,20,22)(H,21,23). The number of hydrogen-bond acceptors (Lipinski definition) is 4. The van der Waals surface area contributed by atoms with Crippen molar-refractivity contribution in [3.63, 3.8) is 0 Å². The third kappa shape index (κ3) is 5.61. The first-order valence-electron chi connectivity index (χ1n) is 7.92. The number of rotatable bonds is 8. The van der Waals surface area contributed by atoms with Gasteiger partial charge < -0.3 is 20.1 Å². The fraction of sp³-hybridized carbons (Fsp3) is 0.263. The van der Waals surface area contributed by atoms with Crippen molar-refractivity contribution in [2.75, 3.05) is 27.4 Å². The van der Waals surface area contributed by atoms with Crippen LogP contribution in [0.1, 0.15) is 26.3 Å². The molecule has 2 aromatic rings. The molecule has 2 rings (SSSR count). The summed E-state index contributed by atoms with van der Waals surface area (Å²) in [5.74, 6) is 0.298. The van der Waals surface area contributed by atoms with E-state index < -0.39 is 0 Å². The number of hydrogen-bond donors (Lipinski definition) is 2. The molecule has 0 aromatic heterocycles. The van der Waals surface area contributed by atoms with E-state index in [0.717, 1.165) is 11.3 Å². The van der Waals surface area contributed by atoms with E-state index in [4.69, 9.17) is 9.47 Å². The van der Waals surface area contributed by atoms with E-state index in [1.807, 2.05) is 24.3 Å². The van der Waals surface area contributed by atoms with Gasteiger partial charge in [0.25, 0.3) is 11.8 Å². The second kappa shape index (κ2) is 9.44. The Kier molecular flexibility index (Phi) is 6.98. The molecule has 0 spiro atoms. The van der Waals surface area contributed by atoms with E-state index in [2.05, 4.69) is 10.6 Å². The molecule has 0 aliphatic carbocycles. The molecular weight excluding hydrogens is 320 g/mol. The first kappa shape index (κ1) is 18.5. The van der Waals surface area contributed by atoms with Crippen LogP contribution in [-0.2, 0) is 11.3 Å². The molecule has 0 unspecified atom stereocenters. The number of carbonyl (C=O) groups is 2. The van der Waals surface area contributed by atoms with Gasteiger partial charge in [0.2, 0.25) is 0 Å². The zero-order valence-electron chi connectivity index (χ0n) is 14.4. The van der Waals surface area contributed by atoms with Gasteiger partial charge in [-0.3, -0.25) is 9.59 Å². The first-order valence-corrected chi connectivity index (χ1v) is 7.92. The highest BCUT2D eigenvalue weighted by Crippen LogP contribution is 2.11. The van der Waals surface area contributed by atoms with Gasteiger partial charge in [-0.1, -0.05) is 18.2 Å². The van der Waals surface area contributed by atoms with Crippen LogP contribution in [0.5, 0.6) is 5.75 Å². The van der Waals surface area contributed by atoms with E-state index in [1.165, 1.54) is 0 Å². The van der Waals surface area contributed by atoms with Gasteiger partial charge in [-0.2, -0.15) is 0 Å². The quantitative estimate of drug-likeness (QED) is 0.720. The highest BCUT2D eigenvalue weighted by molar-refractivity contribution is 5.99. The van der Waals surface area contributed by atoms with Crippen LogP contribution in [0.3, 0.4) is 0 Å². The Hall–Kier alpha value is -2.86. The van der Waals surface area contributed by atoms with E-state index >= 15 is 0 Å². The third-order valence-corrected chi connectivity index (χ3v) is 3.59. The van der Waals surface area contributed by atoms with Gasteiger partial charge in [0.05, 0.1) is 13.7 Å². The van der Waals surface area contributed by atoms with Crippen molar-refractivity contribution in [1.29, 1.82) is 0 Å². The zero-order valence-corrected chi connectivity index (χ0v) is 14.4. The minimum Gasteiger partial charge on any atom is -0.497 e. The van der Waals surface area contributed by atoms with Gasteiger partial charge in [-0.25, -0.2) is 0 Å². The van der Waals surface area contributed by atoms with Crippen LogP contribution in [0.25, 0.3) is 0 Å². The van der Waals surface area contributed by atoms with Crippen molar-refractivity contribution in [2.45, 2.75) is 6.54 Å². The summed E-state index contributed by atoms with van der Waals surface area (Å²) in [6, 6.07) is 14.1. The van der Waals surface area contributed by atoms with E-state index in [9.17, 15) is 9.59 Å². The smallest absolute Gasteiger partial charge is 0.251 e. The van der Waals surface area contributed by atoms with Crippen LogP contribution in [0.15, 0.2) is 48.5 Å². The second-order valence-electron chi connectivity index (χ2n) is 5.36. The molecule has 0 saturated carbocycles.